The number of fused-ring (bicyclic) bond motifs is 1. The summed E-state index contributed by atoms with van der Waals surface area (Å²) in [5.41, 5.74) is 1.87. The van der Waals surface area contributed by atoms with Crippen LogP contribution in [0.3, 0.4) is 0 Å². The van der Waals surface area contributed by atoms with Crippen LogP contribution in [0, 0.1) is 0 Å². The highest BCUT2D eigenvalue weighted by Gasteiger charge is 2.13. The highest BCUT2D eigenvalue weighted by atomic mass is 32.2. The molecule has 6 nitrogen and oxygen atoms in total. The Labute approximate surface area is 145 Å². The van der Waals surface area contributed by atoms with Gasteiger partial charge in [0.1, 0.15) is 5.75 Å². The monoisotopic (exact) mass is 358 g/mol. The summed E-state index contributed by atoms with van der Waals surface area (Å²) in [5, 5.41) is 1.41. The van der Waals surface area contributed by atoms with Gasteiger partial charge in [0.2, 0.25) is 10.0 Å². The number of nitrogens with one attached hydrogen (secondary N) is 1. The molecular formula is C18H18N2O4S. The van der Waals surface area contributed by atoms with Crippen molar-refractivity contribution in [3.05, 3.63) is 59.0 Å². The number of pyridine rings is 1. The Morgan fingerprint density at radius 3 is 2.40 bits per heavy atom. The second kappa shape index (κ2) is 6.25. The van der Waals surface area contributed by atoms with Crippen molar-refractivity contribution in [1.82, 2.24) is 4.57 Å². The summed E-state index contributed by atoms with van der Waals surface area (Å²) in [6.07, 6.45) is 2.83. The van der Waals surface area contributed by atoms with Gasteiger partial charge in [-0.05, 0) is 29.1 Å². The first-order valence-corrected chi connectivity index (χ1v) is 9.44. The van der Waals surface area contributed by atoms with Gasteiger partial charge >= 0.3 is 0 Å². The molecule has 0 saturated heterocycles. The first-order chi connectivity index (χ1) is 11.8. The number of nitrogens with zero attached hydrogens (tertiary/aromatic N) is 1. The van der Waals surface area contributed by atoms with Gasteiger partial charge in [-0.3, -0.25) is 9.52 Å². The number of ether oxygens (including phenoxy) is 1. The van der Waals surface area contributed by atoms with Gasteiger partial charge in [0, 0.05) is 24.2 Å². The molecule has 1 heterocycles. The molecule has 0 fully saturated rings. The van der Waals surface area contributed by atoms with Gasteiger partial charge in [0.25, 0.3) is 5.56 Å². The molecule has 3 aromatic rings. The van der Waals surface area contributed by atoms with Crippen LogP contribution in [0.2, 0.25) is 0 Å². The topological polar surface area (TPSA) is 77.4 Å². The molecule has 2 aromatic carbocycles. The molecule has 0 saturated carbocycles. The van der Waals surface area contributed by atoms with Crippen molar-refractivity contribution in [1.29, 1.82) is 0 Å². The van der Waals surface area contributed by atoms with Crippen molar-refractivity contribution in [3.63, 3.8) is 0 Å². The van der Waals surface area contributed by atoms with Gasteiger partial charge in [0.15, 0.2) is 0 Å². The van der Waals surface area contributed by atoms with E-state index in [4.69, 9.17) is 4.74 Å². The van der Waals surface area contributed by atoms with Crippen molar-refractivity contribution in [2.24, 2.45) is 7.05 Å². The largest absolute Gasteiger partial charge is 0.495 e. The van der Waals surface area contributed by atoms with Crippen LogP contribution in [0.15, 0.2) is 53.5 Å². The lowest BCUT2D eigenvalue weighted by molar-refractivity contribution is 0.417. The van der Waals surface area contributed by atoms with E-state index < -0.39 is 10.0 Å². The maximum absolute atomic E-state index is 12.3. The fourth-order valence-electron chi connectivity index (χ4n) is 2.80. The predicted octanol–water partition coefficient (Wildman–Crippen LogP) is 2.59. The highest BCUT2D eigenvalue weighted by Crippen LogP contribution is 2.33. The normalized spacial score (nSPS) is 11.5. The minimum absolute atomic E-state index is 0.0812. The first kappa shape index (κ1) is 17.0. The lowest BCUT2D eigenvalue weighted by atomic mass is 10.00. The van der Waals surface area contributed by atoms with Crippen molar-refractivity contribution < 1.29 is 13.2 Å². The number of rotatable bonds is 4. The molecule has 0 bridgehead atoms. The smallest absolute Gasteiger partial charge is 0.258 e. The van der Waals surface area contributed by atoms with Crippen LogP contribution >= 0.6 is 0 Å². The zero-order chi connectivity index (χ0) is 18.2. The summed E-state index contributed by atoms with van der Waals surface area (Å²) < 4.78 is 32.4. The molecule has 0 aliphatic rings. The number of aromatic nitrogens is 1. The summed E-state index contributed by atoms with van der Waals surface area (Å²) in [6, 6.07) is 12.6. The Kier molecular flexibility index (Phi) is 4.26. The summed E-state index contributed by atoms with van der Waals surface area (Å²) >= 11 is 0. The van der Waals surface area contributed by atoms with E-state index in [1.54, 1.807) is 31.4 Å². The standard InChI is InChI=1S/C18H18N2O4S/c1-20-11-15(13-6-4-5-7-14(13)18(20)21)12-8-9-17(24-2)16(10-12)19-25(3,22)23/h4-11,19H,1-3H3. The third-order valence-corrected chi connectivity index (χ3v) is 4.49. The summed E-state index contributed by atoms with van der Waals surface area (Å²) in [4.78, 5) is 12.3. The summed E-state index contributed by atoms with van der Waals surface area (Å²) in [7, 11) is -0.283. The van der Waals surface area contributed by atoms with Crippen molar-refractivity contribution in [3.8, 4) is 16.9 Å². The maximum atomic E-state index is 12.3. The van der Waals surface area contributed by atoms with Gasteiger partial charge < -0.3 is 9.30 Å². The number of anilines is 1. The lowest BCUT2D eigenvalue weighted by Crippen LogP contribution is -2.16. The molecule has 0 atom stereocenters. The van der Waals surface area contributed by atoms with Crippen molar-refractivity contribution in [2.75, 3.05) is 18.1 Å². The molecule has 0 spiro atoms. The molecule has 3 rings (SSSR count). The van der Waals surface area contributed by atoms with Crippen LogP contribution in [-0.4, -0.2) is 26.4 Å². The number of hydrogen-bond donors (Lipinski definition) is 1. The Morgan fingerprint density at radius 2 is 1.76 bits per heavy atom. The lowest BCUT2D eigenvalue weighted by Gasteiger charge is -2.14. The second-order valence-corrected chi connectivity index (χ2v) is 7.54. The van der Waals surface area contributed by atoms with Crippen molar-refractivity contribution in [2.45, 2.75) is 0 Å². The molecule has 0 aliphatic heterocycles. The van der Waals surface area contributed by atoms with Gasteiger partial charge in [-0.2, -0.15) is 0 Å². The minimum atomic E-state index is -3.45. The molecule has 0 unspecified atom stereocenters. The third-order valence-electron chi connectivity index (χ3n) is 3.90. The Hall–Kier alpha value is -2.80. The molecule has 0 radical (unpaired) electrons. The van der Waals surface area contributed by atoms with Crippen LogP contribution in [0.25, 0.3) is 21.9 Å². The average Bonchev–Trinajstić information content (AvgIpc) is 2.57. The van der Waals surface area contributed by atoms with E-state index in [2.05, 4.69) is 4.72 Å². The van der Waals surface area contributed by atoms with E-state index in [0.29, 0.717) is 16.8 Å². The average molecular weight is 358 g/mol. The second-order valence-electron chi connectivity index (χ2n) is 5.79. The first-order valence-electron chi connectivity index (χ1n) is 7.55. The summed E-state index contributed by atoms with van der Waals surface area (Å²) in [6.45, 7) is 0. The quantitative estimate of drug-likeness (QED) is 0.778. The Bertz CT molecular complexity index is 1120. The van der Waals surface area contributed by atoms with E-state index in [0.717, 1.165) is 22.8 Å². The number of hydrogen-bond acceptors (Lipinski definition) is 4. The molecule has 130 valence electrons. The van der Waals surface area contributed by atoms with Crippen LogP contribution in [-0.2, 0) is 17.1 Å². The number of sulfonamides is 1. The molecule has 25 heavy (non-hydrogen) atoms. The minimum Gasteiger partial charge on any atom is -0.495 e. The molecule has 0 aliphatic carbocycles. The number of benzene rings is 2. The maximum Gasteiger partial charge on any atom is 0.258 e. The van der Waals surface area contributed by atoms with E-state index in [1.165, 1.54) is 11.7 Å². The van der Waals surface area contributed by atoms with Gasteiger partial charge in [0.05, 0.1) is 19.1 Å². The highest BCUT2D eigenvalue weighted by molar-refractivity contribution is 7.92. The van der Waals surface area contributed by atoms with Crippen LogP contribution < -0.4 is 15.0 Å². The number of aryl methyl sites for hydroxylation is 1. The SMILES string of the molecule is COc1ccc(-c2cn(C)c(=O)c3ccccc23)cc1NS(C)(=O)=O. The molecular weight excluding hydrogens is 340 g/mol. The van der Waals surface area contributed by atoms with Gasteiger partial charge in [-0.1, -0.05) is 24.3 Å². The van der Waals surface area contributed by atoms with E-state index >= 15 is 0 Å². The fourth-order valence-corrected chi connectivity index (χ4v) is 3.36. The Morgan fingerprint density at radius 1 is 1.08 bits per heavy atom. The van der Waals surface area contributed by atoms with Crippen molar-refractivity contribution >= 4 is 26.5 Å². The molecule has 1 N–H and O–H groups in total. The molecule has 0 amide bonds. The predicted molar refractivity (Wildman–Crippen MR) is 99.6 cm³/mol. The molecule has 1 aromatic heterocycles. The van der Waals surface area contributed by atoms with Crippen LogP contribution in [0.4, 0.5) is 5.69 Å². The van der Waals surface area contributed by atoms with E-state index in [1.807, 2.05) is 24.3 Å². The zero-order valence-corrected chi connectivity index (χ0v) is 14.9. The van der Waals surface area contributed by atoms with Crippen LogP contribution in [0.5, 0.6) is 5.75 Å². The zero-order valence-electron chi connectivity index (χ0n) is 14.1. The van der Waals surface area contributed by atoms with Gasteiger partial charge in [-0.15, -0.1) is 0 Å². The Balaban J connectivity index is 2.27. The third kappa shape index (κ3) is 3.36. The van der Waals surface area contributed by atoms with E-state index in [9.17, 15) is 13.2 Å². The van der Waals surface area contributed by atoms with E-state index in [-0.39, 0.29) is 5.56 Å². The fraction of sp³-hybridized carbons (Fsp3) is 0.167. The van der Waals surface area contributed by atoms with Gasteiger partial charge in [-0.25, -0.2) is 8.42 Å². The molecule has 7 heteroatoms. The van der Waals surface area contributed by atoms with Crippen LogP contribution in [0.1, 0.15) is 0 Å². The number of methoxy groups -OCH3 is 1. The summed E-state index contributed by atoms with van der Waals surface area (Å²) in [5.74, 6) is 0.420.